The number of carbonyl (C=O) groups excluding carboxylic acids is 1. The van der Waals surface area contributed by atoms with Gasteiger partial charge in [0.1, 0.15) is 12.0 Å². The fourth-order valence-corrected chi connectivity index (χ4v) is 1.97. The second-order valence-corrected chi connectivity index (χ2v) is 3.63. The zero-order valence-electron chi connectivity index (χ0n) is 6.64. The van der Waals surface area contributed by atoms with E-state index < -0.39 is 5.38 Å². The van der Waals surface area contributed by atoms with Gasteiger partial charge in [0.15, 0.2) is 0 Å². The van der Waals surface area contributed by atoms with E-state index in [9.17, 15) is 4.79 Å². The van der Waals surface area contributed by atoms with Crippen LogP contribution in [0.15, 0.2) is 5.51 Å². The van der Waals surface area contributed by atoms with E-state index in [-0.39, 0.29) is 13.2 Å². The van der Waals surface area contributed by atoms with E-state index in [4.69, 9.17) is 16.7 Å². The Bertz CT molecular complexity index is 278. The fraction of sp³-hybridized carbons (Fsp3) is 0.429. The molecule has 0 amide bonds. The van der Waals surface area contributed by atoms with Crippen molar-refractivity contribution in [3.63, 3.8) is 0 Å². The summed E-state index contributed by atoms with van der Waals surface area (Å²) < 4.78 is 4.50. The first-order valence-electron chi connectivity index (χ1n) is 3.52. The van der Waals surface area contributed by atoms with Crippen molar-refractivity contribution in [2.24, 2.45) is 0 Å². The molecule has 1 heterocycles. The molecule has 0 aliphatic carbocycles. The molecular formula is C7H8ClNO3S. The van der Waals surface area contributed by atoms with E-state index >= 15 is 0 Å². The van der Waals surface area contributed by atoms with E-state index in [0.29, 0.717) is 12.2 Å². The minimum Gasteiger partial charge on any atom is -0.466 e. The van der Waals surface area contributed by atoms with Crippen LogP contribution in [0.5, 0.6) is 0 Å². The number of halogens is 1. The summed E-state index contributed by atoms with van der Waals surface area (Å²) in [4.78, 5) is 14.5. The molecule has 1 N–H and O–H groups in total. The van der Waals surface area contributed by atoms with Crippen molar-refractivity contribution in [3.8, 4) is 0 Å². The van der Waals surface area contributed by atoms with E-state index in [2.05, 4.69) is 9.72 Å². The molecule has 0 saturated carbocycles. The highest BCUT2D eigenvalue weighted by molar-refractivity contribution is 7.10. The van der Waals surface area contributed by atoms with Crippen LogP contribution in [0.4, 0.5) is 0 Å². The van der Waals surface area contributed by atoms with Gasteiger partial charge in [-0.15, -0.1) is 22.9 Å². The lowest BCUT2D eigenvalue weighted by atomic mass is 10.3. The predicted molar refractivity (Wildman–Crippen MR) is 48.6 cm³/mol. The third-order valence-electron chi connectivity index (χ3n) is 1.42. The van der Waals surface area contributed by atoms with E-state index in [1.165, 1.54) is 11.3 Å². The molecule has 0 saturated heterocycles. The molecule has 4 nitrogen and oxygen atoms in total. The molecule has 1 unspecified atom stereocenters. The number of aromatic nitrogens is 1. The highest BCUT2D eigenvalue weighted by Gasteiger charge is 2.15. The Balaban J connectivity index is 2.63. The van der Waals surface area contributed by atoms with Gasteiger partial charge >= 0.3 is 0 Å². The van der Waals surface area contributed by atoms with Crippen LogP contribution in [0.2, 0.25) is 0 Å². The van der Waals surface area contributed by atoms with Gasteiger partial charge in [-0.05, 0) is 0 Å². The number of hydrogen-bond donors (Lipinski definition) is 1. The van der Waals surface area contributed by atoms with Gasteiger partial charge in [0.05, 0.1) is 22.7 Å². The summed E-state index contributed by atoms with van der Waals surface area (Å²) in [5.41, 5.74) is 2.14. The first-order chi connectivity index (χ1) is 6.29. The van der Waals surface area contributed by atoms with Crippen molar-refractivity contribution in [2.45, 2.75) is 12.0 Å². The van der Waals surface area contributed by atoms with E-state index in [1.54, 1.807) is 5.51 Å². The van der Waals surface area contributed by atoms with Gasteiger partial charge < -0.3 is 9.84 Å². The second kappa shape index (κ2) is 5.16. The topological polar surface area (TPSA) is 59.4 Å². The van der Waals surface area contributed by atoms with Gasteiger partial charge in [-0.25, -0.2) is 4.98 Å². The van der Waals surface area contributed by atoms with Crippen LogP contribution < -0.4 is 0 Å². The van der Waals surface area contributed by atoms with Crippen LogP contribution >= 0.6 is 22.9 Å². The Morgan fingerprint density at radius 1 is 1.85 bits per heavy atom. The minimum atomic E-state index is -0.431. The van der Waals surface area contributed by atoms with Crippen molar-refractivity contribution in [1.29, 1.82) is 0 Å². The van der Waals surface area contributed by atoms with Crippen LogP contribution in [-0.4, -0.2) is 23.2 Å². The Hall–Kier alpha value is -0.650. The predicted octanol–water partition coefficient (Wildman–Crippen LogP) is 1.09. The van der Waals surface area contributed by atoms with Crippen molar-refractivity contribution < 1.29 is 14.6 Å². The molecule has 1 aromatic rings. The molecule has 13 heavy (non-hydrogen) atoms. The lowest BCUT2D eigenvalue weighted by Crippen LogP contribution is -2.02. The van der Waals surface area contributed by atoms with Gasteiger partial charge in [-0.3, -0.25) is 4.79 Å². The molecule has 1 aromatic heterocycles. The number of ether oxygens (including phenoxy) is 1. The Kier molecular flexibility index (Phi) is 4.14. The maximum absolute atomic E-state index is 9.89. The SMILES string of the molecule is O=COCC(Cl)c1scnc1CO. The van der Waals surface area contributed by atoms with Crippen molar-refractivity contribution in [3.05, 3.63) is 16.1 Å². The summed E-state index contributed by atoms with van der Waals surface area (Å²) in [5.74, 6) is 0. The molecular weight excluding hydrogens is 214 g/mol. The molecule has 6 heteroatoms. The highest BCUT2D eigenvalue weighted by atomic mass is 35.5. The number of rotatable bonds is 5. The highest BCUT2D eigenvalue weighted by Crippen LogP contribution is 2.27. The number of thiazole rings is 1. The van der Waals surface area contributed by atoms with Crippen molar-refractivity contribution in [1.82, 2.24) is 4.98 Å². The van der Waals surface area contributed by atoms with Gasteiger partial charge in [0.2, 0.25) is 0 Å². The van der Waals surface area contributed by atoms with Crippen LogP contribution in [0.3, 0.4) is 0 Å². The number of nitrogens with zero attached hydrogens (tertiary/aromatic N) is 1. The summed E-state index contributed by atoms with van der Waals surface area (Å²) in [6.45, 7) is 0.290. The number of alkyl halides is 1. The van der Waals surface area contributed by atoms with Crippen LogP contribution in [0, 0.1) is 0 Å². The Morgan fingerprint density at radius 2 is 2.62 bits per heavy atom. The molecule has 0 fully saturated rings. The normalized spacial score (nSPS) is 12.5. The zero-order chi connectivity index (χ0) is 9.68. The Labute approximate surface area is 84.1 Å². The second-order valence-electron chi connectivity index (χ2n) is 2.22. The summed E-state index contributed by atoms with van der Waals surface area (Å²) in [7, 11) is 0. The van der Waals surface area contributed by atoms with Gasteiger partial charge in [-0.1, -0.05) is 0 Å². The molecule has 0 bridgehead atoms. The monoisotopic (exact) mass is 221 g/mol. The fourth-order valence-electron chi connectivity index (χ4n) is 0.851. The number of aliphatic hydroxyl groups is 1. The maximum atomic E-state index is 9.89. The molecule has 0 radical (unpaired) electrons. The van der Waals surface area contributed by atoms with E-state index in [1.807, 2.05) is 0 Å². The number of hydrogen-bond acceptors (Lipinski definition) is 5. The first-order valence-corrected chi connectivity index (χ1v) is 4.83. The lowest BCUT2D eigenvalue weighted by Gasteiger charge is -2.06. The molecule has 72 valence electrons. The van der Waals surface area contributed by atoms with Crippen molar-refractivity contribution in [2.75, 3.05) is 6.61 Å². The summed E-state index contributed by atoms with van der Waals surface area (Å²) in [5, 5.41) is 8.43. The molecule has 1 rings (SSSR count). The lowest BCUT2D eigenvalue weighted by molar-refractivity contribution is -0.128. The molecule has 0 spiro atoms. The van der Waals surface area contributed by atoms with Gasteiger partial charge in [0.25, 0.3) is 6.47 Å². The molecule has 1 atom stereocenters. The van der Waals surface area contributed by atoms with Crippen molar-refractivity contribution >= 4 is 29.4 Å². The first kappa shape index (κ1) is 10.4. The number of carbonyl (C=O) groups is 1. The quantitative estimate of drug-likeness (QED) is 0.597. The average Bonchev–Trinajstić information content (AvgIpc) is 2.61. The maximum Gasteiger partial charge on any atom is 0.293 e. The van der Waals surface area contributed by atoms with Crippen LogP contribution in [-0.2, 0) is 16.1 Å². The third kappa shape index (κ3) is 2.65. The zero-order valence-corrected chi connectivity index (χ0v) is 8.22. The summed E-state index contributed by atoms with van der Waals surface area (Å²) in [6, 6.07) is 0. The summed E-state index contributed by atoms with van der Waals surface area (Å²) in [6.07, 6.45) is 0. The van der Waals surface area contributed by atoms with E-state index in [0.717, 1.165) is 4.88 Å². The Morgan fingerprint density at radius 3 is 3.23 bits per heavy atom. The molecule has 0 aromatic carbocycles. The van der Waals surface area contributed by atoms with Gasteiger partial charge in [-0.2, -0.15) is 0 Å². The molecule has 0 aliphatic rings. The standard InChI is InChI=1S/C7H8ClNO3S/c8-5(2-12-4-11)7-6(1-10)9-3-13-7/h3-5,10H,1-2H2. The van der Waals surface area contributed by atoms with Crippen LogP contribution in [0.1, 0.15) is 15.9 Å². The molecule has 0 aliphatic heterocycles. The smallest absolute Gasteiger partial charge is 0.293 e. The van der Waals surface area contributed by atoms with Crippen LogP contribution in [0.25, 0.3) is 0 Å². The largest absolute Gasteiger partial charge is 0.466 e. The number of aliphatic hydroxyl groups excluding tert-OH is 1. The van der Waals surface area contributed by atoms with Gasteiger partial charge in [0, 0.05) is 0 Å². The third-order valence-corrected chi connectivity index (χ3v) is 2.88. The average molecular weight is 222 g/mol. The summed E-state index contributed by atoms with van der Waals surface area (Å²) >= 11 is 7.22. The minimum absolute atomic E-state index is 0.0975.